The summed E-state index contributed by atoms with van der Waals surface area (Å²) in [5, 5.41) is 10.8. The van der Waals surface area contributed by atoms with Crippen LogP contribution in [0.25, 0.3) is 10.9 Å². The Morgan fingerprint density at radius 1 is 0.905 bits per heavy atom. The van der Waals surface area contributed by atoms with Gasteiger partial charge in [0.05, 0.1) is 17.0 Å². The van der Waals surface area contributed by atoms with E-state index in [1.165, 1.54) is 18.2 Å². The number of alkyl halides is 3. The van der Waals surface area contributed by atoms with Crippen LogP contribution in [-0.4, -0.2) is 27.8 Å². The van der Waals surface area contributed by atoms with E-state index in [1.54, 1.807) is 60.0 Å². The summed E-state index contributed by atoms with van der Waals surface area (Å²) in [5.41, 5.74) is 3.97. The van der Waals surface area contributed by atoms with Gasteiger partial charge in [-0.2, -0.15) is 0 Å². The van der Waals surface area contributed by atoms with Crippen molar-refractivity contribution in [1.29, 1.82) is 0 Å². The molecule has 0 aliphatic carbocycles. The first-order chi connectivity index (χ1) is 20.0. The van der Waals surface area contributed by atoms with Gasteiger partial charge in [-0.25, -0.2) is 0 Å². The second-order valence-corrected chi connectivity index (χ2v) is 10.4. The van der Waals surface area contributed by atoms with Crippen molar-refractivity contribution in [3.63, 3.8) is 0 Å². The summed E-state index contributed by atoms with van der Waals surface area (Å²) in [6.07, 6.45) is -4.63. The van der Waals surface area contributed by atoms with Crippen molar-refractivity contribution >= 4 is 34.3 Å². The standard InChI is InChI=1S/C33H25ClF3NO4/c1-20-30(31(39)24-10-12-25(34)13-11-24)27-15-14-26(42-33(35,36)37)18-29(27)38(20)19-22-7-5-6-21(16-22)17-28(32(40)41)23-8-3-2-4-9-23/h2-16,18,28H,17,19H2,1H3,(H,40,41). The number of aromatic nitrogens is 1. The summed E-state index contributed by atoms with van der Waals surface area (Å²) in [6.45, 7) is 1.97. The number of carbonyl (C=O) groups is 2. The van der Waals surface area contributed by atoms with Crippen LogP contribution in [0.15, 0.2) is 97.1 Å². The molecule has 42 heavy (non-hydrogen) atoms. The summed E-state index contributed by atoms with van der Waals surface area (Å²) in [6, 6.07) is 26.7. The number of halogens is 4. The summed E-state index contributed by atoms with van der Waals surface area (Å²) in [5.74, 6) is -2.39. The minimum atomic E-state index is -4.88. The normalized spacial score (nSPS) is 12.3. The van der Waals surface area contributed by atoms with Crippen LogP contribution in [0, 0.1) is 6.92 Å². The molecule has 1 N–H and O–H groups in total. The van der Waals surface area contributed by atoms with Crippen LogP contribution in [0.5, 0.6) is 5.75 Å². The van der Waals surface area contributed by atoms with E-state index in [9.17, 15) is 27.9 Å². The quantitative estimate of drug-likeness (QED) is 0.175. The molecule has 0 radical (unpaired) electrons. The van der Waals surface area contributed by atoms with E-state index in [0.717, 1.165) is 11.1 Å². The van der Waals surface area contributed by atoms with E-state index in [1.807, 2.05) is 30.3 Å². The van der Waals surface area contributed by atoms with Gasteiger partial charge >= 0.3 is 12.3 Å². The third-order valence-corrected chi connectivity index (χ3v) is 7.39. The molecule has 0 saturated heterocycles. The zero-order valence-electron chi connectivity index (χ0n) is 22.4. The highest BCUT2D eigenvalue weighted by atomic mass is 35.5. The van der Waals surface area contributed by atoms with Gasteiger partial charge in [-0.05, 0) is 66.4 Å². The Labute approximate surface area is 244 Å². The average Bonchev–Trinajstić information content (AvgIpc) is 3.21. The molecule has 5 aromatic rings. The molecule has 214 valence electrons. The van der Waals surface area contributed by atoms with Crippen molar-refractivity contribution in [2.75, 3.05) is 0 Å². The third-order valence-electron chi connectivity index (χ3n) is 7.14. The van der Waals surface area contributed by atoms with Gasteiger partial charge in [-0.15, -0.1) is 13.2 Å². The van der Waals surface area contributed by atoms with E-state index in [-0.39, 0.29) is 18.7 Å². The molecule has 1 atom stereocenters. The van der Waals surface area contributed by atoms with Crippen LogP contribution in [0.2, 0.25) is 5.02 Å². The number of carboxylic acids is 1. The molecular weight excluding hydrogens is 567 g/mol. The van der Waals surface area contributed by atoms with Gasteiger partial charge < -0.3 is 14.4 Å². The van der Waals surface area contributed by atoms with Crippen molar-refractivity contribution in [1.82, 2.24) is 4.57 Å². The molecule has 1 aromatic heterocycles. The Morgan fingerprint density at radius 2 is 1.60 bits per heavy atom. The Hall–Kier alpha value is -4.56. The molecule has 0 saturated carbocycles. The fourth-order valence-corrected chi connectivity index (χ4v) is 5.32. The highest BCUT2D eigenvalue weighted by Crippen LogP contribution is 2.34. The van der Waals surface area contributed by atoms with Crippen molar-refractivity contribution in [3.8, 4) is 5.75 Å². The number of rotatable bonds is 9. The molecule has 0 aliphatic heterocycles. The Kier molecular flexibility index (Phi) is 8.09. The highest BCUT2D eigenvalue weighted by molar-refractivity contribution is 6.30. The van der Waals surface area contributed by atoms with Gasteiger partial charge in [0.25, 0.3) is 0 Å². The SMILES string of the molecule is Cc1c(C(=O)c2ccc(Cl)cc2)c2ccc(OC(F)(F)F)cc2n1Cc1cccc(CC(C(=O)O)c2ccccc2)c1. The van der Waals surface area contributed by atoms with E-state index < -0.39 is 24.0 Å². The number of ether oxygens (including phenoxy) is 1. The Morgan fingerprint density at radius 3 is 2.26 bits per heavy atom. The first-order valence-electron chi connectivity index (χ1n) is 13.0. The number of hydrogen-bond donors (Lipinski definition) is 1. The fourth-order valence-electron chi connectivity index (χ4n) is 5.20. The number of hydrogen-bond acceptors (Lipinski definition) is 3. The molecule has 9 heteroatoms. The number of benzene rings is 4. The lowest BCUT2D eigenvalue weighted by Crippen LogP contribution is -2.17. The molecule has 0 bridgehead atoms. The minimum absolute atomic E-state index is 0.225. The average molecular weight is 592 g/mol. The molecule has 1 heterocycles. The van der Waals surface area contributed by atoms with Gasteiger partial charge in [0, 0.05) is 34.3 Å². The highest BCUT2D eigenvalue weighted by Gasteiger charge is 2.32. The maximum Gasteiger partial charge on any atom is 0.573 e. The van der Waals surface area contributed by atoms with Crippen LogP contribution in [-0.2, 0) is 17.8 Å². The van der Waals surface area contributed by atoms with Crippen molar-refractivity contribution < 1.29 is 32.6 Å². The third kappa shape index (κ3) is 6.34. The fraction of sp³-hybridized carbons (Fsp3) is 0.152. The topological polar surface area (TPSA) is 68.5 Å². The van der Waals surface area contributed by atoms with E-state index in [2.05, 4.69) is 4.74 Å². The van der Waals surface area contributed by atoms with Gasteiger partial charge in [0.1, 0.15) is 5.75 Å². The van der Waals surface area contributed by atoms with Crippen LogP contribution in [0.1, 0.15) is 44.2 Å². The van der Waals surface area contributed by atoms with Gasteiger partial charge in [0.15, 0.2) is 5.78 Å². The summed E-state index contributed by atoms with van der Waals surface area (Å²) < 4.78 is 45.1. The molecule has 4 aromatic carbocycles. The number of nitrogens with zero attached hydrogens (tertiary/aromatic N) is 1. The first kappa shape index (κ1) is 29.0. The monoisotopic (exact) mass is 591 g/mol. The van der Waals surface area contributed by atoms with Crippen LogP contribution >= 0.6 is 11.6 Å². The first-order valence-corrected chi connectivity index (χ1v) is 13.4. The number of carbonyl (C=O) groups excluding carboxylic acids is 1. The summed E-state index contributed by atoms with van der Waals surface area (Å²) in [7, 11) is 0. The van der Waals surface area contributed by atoms with Crippen molar-refractivity contribution in [2.24, 2.45) is 0 Å². The Balaban J connectivity index is 1.55. The van der Waals surface area contributed by atoms with Crippen LogP contribution < -0.4 is 4.74 Å². The zero-order chi connectivity index (χ0) is 30.0. The van der Waals surface area contributed by atoms with E-state index in [4.69, 9.17) is 11.6 Å². The maximum atomic E-state index is 13.6. The smallest absolute Gasteiger partial charge is 0.481 e. The van der Waals surface area contributed by atoms with E-state index >= 15 is 0 Å². The lowest BCUT2D eigenvalue weighted by molar-refractivity contribution is -0.274. The second kappa shape index (κ2) is 11.7. The summed E-state index contributed by atoms with van der Waals surface area (Å²) >= 11 is 6.00. The minimum Gasteiger partial charge on any atom is -0.481 e. The molecule has 5 rings (SSSR count). The van der Waals surface area contributed by atoms with Crippen molar-refractivity contribution in [3.05, 3.63) is 136 Å². The van der Waals surface area contributed by atoms with Gasteiger partial charge in [0.2, 0.25) is 0 Å². The number of carboxylic acid groups (broad SMARTS) is 1. The number of fused-ring (bicyclic) bond motifs is 1. The molecule has 5 nitrogen and oxygen atoms in total. The van der Waals surface area contributed by atoms with Crippen LogP contribution in [0.4, 0.5) is 13.2 Å². The summed E-state index contributed by atoms with van der Waals surface area (Å²) in [4.78, 5) is 25.7. The lowest BCUT2D eigenvalue weighted by Gasteiger charge is -2.15. The predicted octanol–water partition coefficient (Wildman–Crippen LogP) is 8.19. The number of ketones is 1. The second-order valence-electron chi connectivity index (χ2n) is 9.93. The molecular formula is C33H25ClF3NO4. The zero-order valence-corrected chi connectivity index (χ0v) is 23.1. The molecule has 0 fully saturated rings. The predicted molar refractivity (Wildman–Crippen MR) is 154 cm³/mol. The molecule has 1 unspecified atom stereocenters. The van der Waals surface area contributed by atoms with E-state index in [0.29, 0.717) is 38.3 Å². The molecule has 0 aliphatic rings. The van der Waals surface area contributed by atoms with Gasteiger partial charge in [-0.3, -0.25) is 9.59 Å². The molecule has 0 spiro atoms. The largest absolute Gasteiger partial charge is 0.573 e. The Bertz CT molecular complexity index is 1760. The van der Waals surface area contributed by atoms with Gasteiger partial charge in [-0.1, -0.05) is 66.2 Å². The lowest BCUT2D eigenvalue weighted by atomic mass is 9.91. The maximum absolute atomic E-state index is 13.6. The van der Waals surface area contributed by atoms with Crippen molar-refractivity contribution in [2.45, 2.75) is 32.2 Å². The number of aliphatic carboxylic acids is 1. The van der Waals surface area contributed by atoms with Crippen LogP contribution in [0.3, 0.4) is 0 Å². The molecule has 0 amide bonds.